The number of hydrogen-bond donors (Lipinski definition) is 3. The molecule has 0 rings (SSSR count). The summed E-state index contributed by atoms with van der Waals surface area (Å²) in [5.41, 5.74) is 5.31. The van der Waals surface area contributed by atoms with Crippen molar-refractivity contribution in [1.82, 2.24) is 10.6 Å². The largest absolute Gasteiger partial charge is 0.338 e. The lowest BCUT2D eigenvalue weighted by Crippen LogP contribution is -2.39. The molecular weight excluding hydrogens is 278 g/mol. The van der Waals surface area contributed by atoms with Gasteiger partial charge in [-0.15, -0.1) is 0 Å². The fourth-order valence-corrected chi connectivity index (χ4v) is 1.79. The quantitative estimate of drug-likeness (QED) is 0.485. The molecule has 8 heteroatoms. The van der Waals surface area contributed by atoms with Gasteiger partial charge >= 0.3 is 6.03 Å². The molecule has 2 amide bonds. The molecule has 0 aliphatic heterocycles. The minimum Gasteiger partial charge on any atom is -0.338 e. The predicted octanol–water partition coefficient (Wildman–Crippen LogP) is 0.418. The van der Waals surface area contributed by atoms with E-state index in [9.17, 15) is 4.79 Å². The van der Waals surface area contributed by atoms with Gasteiger partial charge in [-0.2, -0.15) is 0 Å². The van der Waals surface area contributed by atoms with Crippen LogP contribution < -0.4 is 16.4 Å². The third-order valence-corrected chi connectivity index (χ3v) is 3.58. The van der Waals surface area contributed by atoms with Gasteiger partial charge in [-0.1, -0.05) is 19.6 Å². The average Bonchev–Trinajstić information content (AvgIpc) is 2.44. The van der Waals surface area contributed by atoms with Crippen molar-refractivity contribution >= 4 is 34.5 Å². The molecule has 0 radical (unpaired) electrons. The second-order valence-electron chi connectivity index (χ2n) is 4.64. The third-order valence-electron chi connectivity index (χ3n) is 1.83. The van der Waals surface area contributed by atoms with E-state index in [0.29, 0.717) is 13.1 Å². The van der Waals surface area contributed by atoms with Crippen LogP contribution in [0.1, 0.15) is 6.42 Å². The Labute approximate surface area is 122 Å². The molecular formula is C12H29N3O4Si. The van der Waals surface area contributed by atoms with Gasteiger partial charge in [-0.05, 0) is 19.0 Å². The Balaban J connectivity index is -0.000000187. The molecule has 7 nitrogen and oxygen atoms in total. The molecule has 0 heterocycles. The van der Waals surface area contributed by atoms with Crippen molar-refractivity contribution in [3.05, 3.63) is 0 Å². The first-order chi connectivity index (χ1) is 9.45. The van der Waals surface area contributed by atoms with Crippen molar-refractivity contribution in [3.8, 4) is 0 Å². The Morgan fingerprint density at radius 1 is 0.950 bits per heavy atom. The monoisotopic (exact) mass is 307 g/mol. The van der Waals surface area contributed by atoms with E-state index < -0.39 is 8.07 Å². The Morgan fingerprint density at radius 3 is 1.70 bits per heavy atom. The summed E-state index contributed by atoms with van der Waals surface area (Å²) in [7, 11) is -1.02. The second kappa shape index (κ2) is 22.6. The van der Waals surface area contributed by atoms with E-state index in [-0.39, 0.29) is 6.03 Å². The number of amides is 2. The van der Waals surface area contributed by atoms with Gasteiger partial charge in [0.1, 0.15) is 20.4 Å². The zero-order valence-corrected chi connectivity index (χ0v) is 13.9. The van der Waals surface area contributed by atoms with Gasteiger partial charge in [0, 0.05) is 21.2 Å². The highest BCUT2D eigenvalue weighted by atomic mass is 28.3. The van der Waals surface area contributed by atoms with Gasteiger partial charge in [-0.25, -0.2) is 4.79 Å². The van der Waals surface area contributed by atoms with Crippen LogP contribution in [-0.4, -0.2) is 54.1 Å². The molecule has 0 spiro atoms. The van der Waals surface area contributed by atoms with Gasteiger partial charge in [0.05, 0.1) is 0 Å². The SMILES string of the molecule is C=O.C=O.C=O.C[Si](C)(C)CCNC(=O)NCCCN. The predicted molar refractivity (Wildman–Crippen MR) is 84.6 cm³/mol. The fourth-order valence-electron chi connectivity index (χ4n) is 0.918. The Kier molecular flexibility index (Phi) is 30.4. The van der Waals surface area contributed by atoms with Crippen LogP contribution in [0.25, 0.3) is 0 Å². The van der Waals surface area contributed by atoms with Crippen molar-refractivity contribution in [1.29, 1.82) is 0 Å². The zero-order chi connectivity index (χ0) is 17.0. The summed E-state index contributed by atoms with van der Waals surface area (Å²) in [6, 6.07) is 1.05. The molecule has 0 fully saturated rings. The molecule has 0 aliphatic carbocycles. The molecule has 0 aromatic carbocycles. The summed E-state index contributed by atoms with van der Waals surface area (Å²) in [5, 5.41) is 5.60. The van der Waals surface area contributed by atoms with Crippen LogP contribution >= 0.6 is 0 Å². The molecule has 0 atom stereocenters. The lowest BCUT2D eigenvalue weighted by atomic mass is 10.4. The maximum Gasteiger partial charge on any atom is 0.314 e. The van der Waals surface area contributed by atoms with Crippen LogP contribution in [0.15, 0.2) is 0 Å². The number of urea groups is 1. The minimum absolute atomic E-state index is 0.0725. The number of carbonyl (C=O) groups excluding carboxylic acids is 4. The molecule has 0 aromatic rings. The number of rotatable bonds is 6. The van der Waals surface area contributed by atoms with Crippen LogP contribution in [0.5, 0.6) is 0 Å². The van der Waals surface area contributed by atoms with Crippen molar-refractivity contribution in [2.75, 3.05) is 19.6 Å². The smallest absolute Gasteiger partial charge is 0.314 e. The zero-order valence-electron chi connectivity index (χ0n) is 12.9. The highest BCUT2D eigenvalue weighted by molar-refractivity contribution is 6.76. The van der Waals surface area contributed by atoms with E-state index >= 15 is 0 Å². The number of nitrogens with two attached hydrogens (primary N) is 1. The number of hydrogen-bond acceptors (Lipinski definition) is 5. The molecule has 0 aliphatic rings. The molecule has 0 saturated carbocycles. The second-order valence-corrected chi connectivity index (χ2v) is 10.3. The van der Waals surface area contributed by atoms with E-state index in [1.165, 1.54) is 0 Å². The molecule has 0 unspecified atom stereocenters. The van der Waals surface area contributed by atoms with Gasteiger partial charge < -0.3 is 30.8 Å². The van der Waals surface area contributed by atoms with Crippen molar-refractivity contribution < 1.29 is 19.2 Å². The van der Waals surface area contributed by atoms with E-state index in [2.05, 4.69) is 30.3 Å². The topological polar surface area (TPSA) is 118 Å². The van der Waals surface area contributed by atoms with Crippen LogP contribution in [0.2, 0.25) is 25.7 Å². The van der Waals surface area contributed by atoms with E-state index in [0.717, 1.165) is 19.0 Å². The lowest BCUT2D eigenvalue weighted by molar-refractivity contribution is -0.0987. The summed E-state index contributed by atoms with van der Waals surface area (Å²) in [6.45, 7) is 14.9. The van der Waals surface area contributed by atoms with Gasteiger partial charge in [0.15, 0.2) is 0 Å². The first kappa shape index (κ1) is 26.9. The Hall–Kier alpha value is -1.54. The maximum atomic E-state index is 11.2. The standard InChI is InChI=1S/C9H23N3OSi.3CH2O/c1-14(2,3)8-7-12-9(13)11-6-4-5-10;3*1-2/h4-8,10H2,1-3H3,(H2,11,12,13);3*1H2. The first-order valence-corrected chi connectivity index (χ1v) is 9.75. The van der Waals surface area contributed by atoms with Gasteiger partial charge in [0.25, 0.3) is 0 Å². The first-order valence-electron chi connectivity index (χ1n) is 6.04. The maximum absolute atomic E-state index is 11.2. The van der Waals surface area contributed by atoms with E-state index in [1.807, 2.05) is 20.4 Å². The third kappa shape index (κ3) is 36.0. The van der Waals surface area contributed by atoms with Crippen molar-refractivity contribution in [2.24, 2.45) is 5.73 Å². The number of carbonyl (C=O) groups is 4. The summed E-state index contributed by atoms with van der Waals surface area (Å²) < 4.78 is 0. The highest BCUT2D eigenvalue weighted by Crippen LogP contribution is 2.05. The molecule has 0 aromatic heterocycles. The summed E-state index contributed by atoms with van der Waals surface area (Å²) in [5.74, 6) is 0. The van der Waals surface area contributed by atoms with Crippen LogP contribution in [0.4, 0.5) is 4.79 Å². The van der Waals surface area contributed by atoms with E-state index in [1.54, 1.807) is 0 Å². The fraction of sp³-hybridized carbons (Fsp3) is 0.667. The number of nitrogens with one attached hydrogen (secondary N) is 2. The summed E-state index contributed by atoms with van der Waals surface area (Å²) in [6.07, 6.45) is 0.835. The molecule has 0 saturated heterocycles. The van der Waals surface area contributed by atoms with Crippen molar-refractivity contribution in [2.45, 2.75) is 32.1 Å². The molecule has 4 N–H and O–H groups in total. The molecule has 120 valence electrons. The normalized spacial score (nSPS) is 8.40. The molecule has 20 heavy (non-hydrogen) atoms. The van der Waals surface area contributed by atoms with Gasteiger partial charge in [-0.3, -0.25) is 0 Å². The summed E-state index contributed by atoms with van der Waals surface area (Å²) >= 11 is 0. The van der Waals surface area contributed by atoms with Gasteiger partial charge in [0.2, 0.25) is 0 Å². The van der Waals surface area contributed by atoms with Crippen LogP contribution in [0, 0.1) is 0 Å². The summed E-state index contributed by atoms with van der Waals surface area (Å²) in [4.78, 5) is 35.2. The Morgan fingerprint density at radius 2 is 1.35 bits per heavy atom. The lowest BCUT2D eigenvalue weighted by Gasteiger charge is -2.15. The highest BCUT2D eigenvalue weighted by Gasteiger charge is 2.12. The average molecular weight is 307 g/mol. The van der Waals surface area contributed by atoms with Crippen LogP contribution in [-0.2, 0) is 14.4 Å². The molecule has 0 bridgehead atoms. The Bertz CT molecular complexity index is 209. The minimum atomic E-state index is -1.02. The van der Waals surface area contributed by atoms with Crippen LogP contribution in [0.3, 0.4) is 0 Å². The van der Waals surface area contributed by atoms with Crippen molar-refractivity contribution in [3.63, 3.8) is 0 Å². The van der Waals surface area contributed by atoms with E-state index in [4.69, 9.17) is 20.1 Å².